The van der Waals surface area contributed by atoms with E-state index >= 15 is 0 Å². The molecular weight excluding hydrogens is 240 g/mol. The summed E-state index contributed by atoms with van der Waals surface area (Å²) < 4.78 is 10.9. The average molecular weight is 258 g/mol. The number of benzene rings is 1. The van der Waals surface area contributed by atoms with Crippen LogP contribution < -0.4 is 15.2 Å². The molecule has 1 atom stereocenters. The van der Waals surface area contributed by atoms with Gasteiger partial charge >= 0.3 is 0 Å². The molecule has 4 nitrogen and oxygen atoms in total. The Morgan fingerprint density at radius 3 is 2.68 bits per heavy atom. The number of ether oxygens (including phenoxy) is 2. The minimum atomic E-state index is 0.0902. The van der Waals surface area contributed by atoms with Gasteiger partial charge in [0.05, 0.1) is 13.7 Å². The van der Waals surface area contributed by atoms with Gasteiger partial charge < -0.3 is 15.2 Å². The fourth-order valence-corrected chi connectivity index (χ4v) is 1.78. The largest absolute Gasteiger partial charge is 0.497 e. The van der Waals surface area contributed by atoms with Crippen LogP contribution in [0.2, 0.25) is 0 Å². The molecule has 0 aliphatic rings. The third kappa shape index (κ3) is 3.69. The third-order valence-corrected chi connectivity index (χ3v) is 2.88. The summed E-state index contributed by atoms with van der Waals surface area (Å²) in [4.78, 5) is 4.31. The second-order valence-electron chi connectivity index (χ2n) is 4.18. The normalized spacial score (nSPS) is 11.9. The van der Waals surface area contributed by atoms with Gasteiger partial charge in [0.25, 0.3) is 0 Å². The van der Waals surface area contributed by atoms with E-state index in [-0.39, 0.29) is 5.92 Å². The highest BCUT2D eigenvalue weighted by molar-refractivity contribution is 5.32. The first-order valence-corrected chi connectivity index (χ1v) is 6.21. The molecule has 100 valence electrons. The van der Waals surface area contributed by atoms with Crippen LogP contribution in [0.4, 0.5) is 0 Å². The van der Waals surface area contributed by atoms with E-state index in [4.69, 9.17) is 15.2 Å². The maximum absolute atomic E-state index is 5.78. The van der Waals surface area contributed by atoms with Gasteiger partial charge in [-0.05, 0) is 24.3 Å². The molecule has 0 aliphatic carbocycles. The van der Waals surface area contributed by atoms with E-state index in [0.29, 0.717) is 13.2 Å². The third-order valence-electron chi connectivity index (χ3n) is 2.88. The Morgan fingerprint density at radius 1 is 1.16 bits per heavy atom. The van der Waals surface area contributed by atoms with E-state index in [1.54, 1.807) is 13.3 Å². The summed E-state index contributed by atoms with van der Waals surface area (Å²) in [5.41, 5.74) is 6.73. The van der Waals surface area contributed by atoms with Crippen LogP contribution in [0.5, 0.6) is 11.5 Å². The van der Waals surface area contributed by atoms with Crippen molar-refractivity contribution in [3.63, 3.8) is 0 Å². The van der Waals surface area contributed by atoms with E-state index in [1.165, 1.54) is 0 Å². The Bertz CT molecular complexity index is 503. The molecule has 1 heterocycles. The molecule has 0 aliphatic heterocycles. The molecule has 0 fully saturated rings. The van der Waals surface area contributed by atoms with Crippen molar-refractivity contribution in [1.29, 1.82) is 0 Å². The first-order valence-electron chi connectivity index (χ1n) is 6.21. The minimum Gasteiger partial charge on any atom is -0.497 e. The van der Waals surface area contributed by atoms with Crippen LogP contribution in [0.15, 0.2) is 48.7 Å². The molecule has 1 aromatic carbocycles. The molecular formula is C15H18N2O2. The molecule has 2 N–H and O–H groups in total. The molecule has 0 amide bonds. The van der Waals surface area contributed by atoms with Crippen LogP contribution >= 0.6 is 0 Å². The smallest absolute Gasteiger partial charge is 0.123 e. The number of methoxy groups -OCH3 is 1. The Kier molecular flexibility index (Phi) is 4.75. The summed E-state index contributed by atoms with van der Waals surface area (Å²) in [5.74, 6) is 1.64. The van der Waals surface area contributed by atoms with E-state index < -0.39 is 0 Å². The molecule has 1 unspecified atom stereocenters. The number of pyridine rings is 1. The average Bonchev–Trinajstić information content (AvgIpc) is 2.49. The van der Waals surface area contributed by atoms with Gasteiger partial charge in [0.15, 0.2) is 0 Å². The molecule has 2 rings (SSSR count). The van der Waals surface area contributed by atoms with Crippen molar-refractivity contribution >= 4 is 0 Å². The van der Waals surface area contributed by atoms with Gasteiger partial charge in [-0.25, -0.2) is 0 Å². The lowest BCUT2D eigenvalue weighted by molar-refractivity contribution is 0.286. The van der Waals surface area contributed by atoms with Gasteiger partial charge in [-0.15, -0.1) is 0 Å². The van der Waals surface area contributed by atoms with E-state index in [0.717, 1.165) is 17.2 Å². The summed E-state index contributed by atoms with van der Waals surface area (Å²) in [7, 11) is 1.63. The van der Waals surface area contributed by atoms with E-state index in [1.807, 2.05) is 42.5 Å². The fourth-order valence-electron chi connectivity index (χ4n) is 1.78. The summed E-state index contributed by atoms with van der Waals surface area (Å²) in [6, 6.07) is 13.3. The van der Waals surface area contributed by atoms with Crippen LogP contribution in [-0.2, 0) is 0 Å². The molecule has 0 saturated carbocycles. The van der Waals surface area contributed by atoms with E-state index in [2.05, 4.69) is 4.98 Å². The monoisotopic (exact) mass is 258 g/mol. The molecule has 19 heavy (non-hydrogen) atoms. The summed E-state index contributed by atoms with van der Waals surface area (Å²) in [5, 5.41) is 0. The summed E-state index contributed by atoms with van der Waals surface area (Å²) in [6.45, 7) is 1.00. The maximum Gasteiger partial charge on any atom is 0.123 e. The predicted molar refractivity (Wildman–Crippen MR) is 74.5 cm³/mol. The molecule has 0 saturated heterocycles. The summed E-state index contributed by atoms with van der Waals surface area (Å²) in [6.07, 6.45) is 1.77. The van der Waals surface area contributed by atoms with Crippen LogP contribution in [0.3, 0.4) is 0 Å². The highest BCUT2D eigenvalue weighted by atomic mass is 16.5. The van der Waals surface area contributed by atoms with Crippen LogP contribution in [0, 0.1) is 0 Å². The second kappa shape index (κ2) is 6.75. The molecule has 1 aromatic heterocycles. The number of hydrogen-bond donors (Lipinski definition) is 1. The van der Waals surface area contributed by atoms with Crippen molar-refractivity contribution in [2.75, 3.05) is 20.3 Å². The van der Waals surface area contributed by atoms with Gasteiger partial charge in [-0.2, -0.15) is 0 Å². The zero-order valence-corrected chi connectivity index (χ0v) is 11.0. The number of nitrogens with two attached hydrogens (primary N) is 1. The van der Waals surface area contributed by atoms with Gasteiger partial charge in [-0.3, -0.25) is 4.98 Å². The Hall–Kier alpha value is -2.07. The molecule has 4 heteroatoms. The van der Waals surface area contributed by atoms with Crippen LogP contribution in [0.1, 0.15) is 11.6 Å². The zero-order valence-electron chi connectivity index (χ0n) is 11.0. The molecule has 0 radical (unpaired) electrons. The quantitative estimate of drug-likeness (QED) is 0.863. The Morgan fingerprint density at radius 2 is 2.00 bits per heavy atom. The summed E-state index contributed by atoms with van der Waals surface area (Å²) >= 11 is 0. The zero-order chi connectivity index (χ0) is 13.5. The molecule has 0 spiro atoms. The van der Waals surface area contributed by atoms with Gasteiger partial charge in [0.2, 0.25) is 0 Å². The number of nitrogens with zero attached hydrogens (tertiary/aromatic N) is 1. The lowest BCUT2D eigenvalue weighted by Crippen LogP contribution is -2.20. The second-order valence-corrected chi connectivity index (χ2v) is 4.18. The van der Waals surface area contributed by atoms with E-state index in [9.17, 15) is 0 Å². The van der Waals surface area contributed by atoms with Crippen molar-refractivity contribution in [2.24, 2.45) is 5.73 Å². The Balaban J connectivity index is 2.00. The van der Waals surface area contributed by atoms with Gasteiger partial charge in [-0.1, -0.05) is 12.1 Å². The lowest BCUT2D eigenvalue weighted by atomic mass is 10.1. The predicted octanol–water partition coefficient (Wildman–Crippen LogP) is 2.21. The highest BCUT2D eigenvalue weighted by Gasteiger charge is 2.11. The SMILES string of the molecule is COc1cccc(OCC(CN)c2ccccn2)c1. The van der Waals surface area contributed by atoms with Crippen LogP contribution in [-0.4, -0.2) is 25.2 Å². The van der Waals surface area contributed by atoms with Gasteiger partial charge in [0.1, 0.15) is 11.5 Å². The van der Waals surface area contributed by atoms with Gasteiger partial charge in [0, 0.05) is 30.4 Å². The number of aromatic nitrogens is 1. The van der Waals surface area contributed by atoms with Crippen molar-refractivity contribution in [3.8, 4) is 11.5 Å². The number of rotatable bonds is 6. The van der Waals surface area contributed by atoms with Crippen molar-refractivity contribution < 1.29 is 9.47 Å². The number of hydrogen-bond acceptors (Lipinski definition) is 4. The van der Waals surface area contributed by atoms with Crippen molar-refractivity contribution in [3.05, 3.63) is 54.4 Å². The lowest BCUT2D eigenvalue weighted by Gasteiger charge is -2.15. The first kappa shape index (κ1) is 13.4. The molecule has 0 bridgehead atoms. The van der Waals surface area contributed by atoms with Crippen LogP contribution in [0.25, 0.3) is 0 Å². The topological polar surface area (TPSA) is 57.4 Å². The molecule has 2 aromatic rings. The fraction of sp³-hybridized carbons (Fsp3) is 0.267. The minimum absolute atomic E-state index is 0.0902. The Labute approximate surface area is 113 Å². The van der Waals surface area contributed by atoms with Crippen molar-refractivity contribution in [2.45, 2.75) is 5.92 Å². The standard InChI is InChI=1S/C15H18N2O2/c1-18-13-5-4-6-14(9-13)19-11-12(10-16)15-7-2-3-8-17-15/h2-9,12H,10-11,16H2,1H3. The first-order chi connectivity index (χ1) is 9.33. The van der Waals surface area contributed by atoms with Crippen molar-refractivity contribution in [1.82, 2.24) is 4.98 Å². The maximum atomic E-state index is 5.78. The highest BCUT2D eigenvalue weighted by Crippen LogP contribution is 2.20.